The van der Waals surface area contributed by atoms with Gasteiger partial charge in [-0.3, -0.25) is 4.99 Å². The second kappa shape index (κ2) is 5.78. The molecule has 1 aromatic carbocycles. The highest BCUT2D eigenvalue weighted by atomic mass is 79.9. The number of aliphatic imine (C=N–C) groups is 1. The van der Waals surface area contributed by atoms with Crippen molar-refractivity contribution in [1.29, 1.82) is 0 Å². The topological polar surface area (TPSA) is 33.6 Å². The smallest absolute Gasteiger partial charge is 0.161 e. The van der Waals surface area contributed by atoms with Crippen molar-refractivity contribution in [2.75, 3.05) is 18.2 Å². The summed E-state index contributed by atoms with van der Waals surface area (Å²) < 4.78 is 6.14. The van der Waals surface area contributed by atoms with Crippen molar-refractivity contribution in [3.8, 4) is 5.75 Å². The molecule has 0 saturated heterocycles. The zero-order valence-electron chi connectivity index (χ0n) is 9.87. The lowest BCUT2D eigenvalue weighted by Crippen LogP contribution is -2.05. The van der Waals surface area contributed by atoms with Gasteiger partial charge in [0.05, 0.1) is 17.6 Å². The average molecular weight is 315 g/mol. The van der Waals surface area contributed by atoms with Crippen molar-refractivity contribution >= 4 is 38.5 Å². The van der Waals surface area contributed by atoms with Gasteiger partial charge in [-0.15, -0.1) is 0 Å². The van der Waals surface area contributed by atoms with Crippen LogP contribution in [0.25, 0.3) is 0 Å². The number of methoxy groups -OCH3 is 1. The van der Waals surface area contributed by atoms with Crippen LogP contribution in [0.3, 0.4) is 0 Å². The summed E-state index contributed by atoms with van der Waals surface area (Å²) >= 11 is 5.25. The van der Waals surface area contributed by atoms with E-state index in [1.807, 2.05) is 18.2 Å². The maximum absolute atomic E-state index is 5.19. The molecule has 92 valence electrons. The highest BCUT2D eigenvalue weighted by Crippen LogP contribution is 2.29. The Labute approximate surface area is 114 Å². The zero-order valence-corrected chi connectivity index (χ0v) is 12.3. The van der Waals surface area contributed by atoms with Crippen LogP contribution in [0, 0.1) is 0 Å². The Bertz CT molecular complexity index is 437. The predicted molar refractivity (Wildman–Crippen MR) is 78.3 cm³/mol. The lowest BCUT2D eigenvalue weighted by molar-refractivity contribution is 0.412. The molecule has 1 heterocycles. The van der Waals surface area contributed by atoms with E-state index in [0.717, 1.165) is 33.3 Å². The molecule has 17 heavy (non-hydrogen) atoms. The maximum Gasteiger partial charge on any atom is 0.161 e. The SMILES string of the molecule is CCC1CSC(Nc2ccc(OC)c(Br)c2)=N1. The number of ether oxygens (including phenoxy) is 1. The Morgan fingerprint density at radius 1 is 1.59 bits per heavy atom. The molecule has 0 fully saturated rings. The van der Waals surface area contributed by atoms with Gasteiger partial charge in [0.1, 0.15) is 5.75 Å². The largest absolute Gasteiger partial charge is 0.496 e. The molecule has 1 aliphatic rings. The van der Waals surface area contributed by atoms with Gasteiger partial charge in [-0.05, 0) is 40.5 Å². The number of rotatable bonds is 3. The summed E-state index contributed by atoms with van der Waals surface area (Å²) in [4.78, 5) is 4.60. The molecular formula is C12H15BrN2OS. The molecule has 3 nitrogen and oxygen atoms in total. The van der Waals surface area contributed by atoms with Gasteiger partial charge >= 0.3 is 0 Å². The van der Waals surface area contributed by atoms with Crippen LogP contribution in [0.15, 0.2) is 27.7 Å². The van der Waals surface area contributed by atoms with Crippen LogP contribution in [0.2, 0.25) is 0 Å². The van der Waals surface area contributed by atoms with Crippen molar-refractivity contribution in [3.63, 3.8) is 0 Å². The fourth-order valence-corrected chi connectivity index (χ4v) is 3.18. The fraction of sp³-hybridized carbons (Fsp3) is 0.417. The molecule has 0 radical (unpaired) electrons. The van der Waals surface area contributed by atoms with E-state index in [9.17, 15) is 0 Å². The van der Waals surface area contributed by atoms with Gasteiger partial charge in [0.15, 0.2) is 5.17 Å². The Kier molecular flexibility index (Phi) is 4.34. The molecule has 0 amide bonds. The first-order valence-corrected chi connectivity index (χ1v) is 7.32. The Morgan fingerprint density at radius 3 is 3.00 bits per heavy atom. The number of nitrogens with one attached hydrogen (secondary N) is 1. The molecule has 0 aromatic heterocycles. The van der Waals surface area contributed by atoms with E-state index >= 15 is 0 Å². The standard InChI is InChI=1S/C12H15BrN2OS/c1-3-8-7-17-12(14-8)15-9-4-5-11(16-2)10(13)6-9/h4-6,8H,3,7H2,1-2H3,(H,14,15). The molecule has 0 aliphatic carbocycles. The van der Waals surface area contributed by atoms with Gasteiger partial charge in [0.25, 0.3) is 0 Å². The first-order chi connectivity index (χ1) is 8.22. The van der Waals surface area contributed by atoms with Crippen molar-refractivity contribution in [2.24, 2.45) is 4.99 Å². The number of thioether (sulfide) groups is 1. The van der Waals surface area contributed by atoms with Crippen LogP contribution in [-0.4, -0.2) is 24.1 Å². The molecule has 1 aliphatic heterocycles. The molecule has 5 heteroatoms. The first kappa shape index (κ1) is 12.8. The molecule has 0 saturated carbocycles. The van der Waals surface area contributed by atoms with E-state index in [-0.39, 0.29) is 0 Å². The van der Waals surface area contributed by atoms with Gasteiger partial charge in [-0.2, -0.15) is 0 Å². The number of hydrogen-bond donors (Lipinski definition) is 1. The molecule has 2 rings (SSSR count). The summed E-state index contributed by atoms with van der Waals surface area (Å²) in [5.41, 5.74) is 1.03. The minimum Gasteiger partial charge on any atom is -0.496 e. The van der Waals surface area contributed by atoms with E-state index in [0.29, 0.717) is 6.04 Å². The molecular weight excluding hydrogens is 300 g/mol. The predicted octanol–water partition coefficient (Wildman–Crippen LogP) is 3.75. The summed E-state index contributed by atoms with van der Waals surface area (Å²) in [6.07, 6.45) is 1.10. The Hall–Kier alpha value is -0.680. The van der Waals surface area contributed by atoms with Gasteiger partial charge < -0.3 is 10.1 Å². The summed E-state index contributed by atoms with van der Waals surface area (Å²) in [5, 5.41) is 4.33. The van der Waals surface area contributed by atoms with Crippen LogP contribution in [0.4, 0.5) is 5.69 Å². The van der Waals surface area contributed by atoms with Gasteiger partial charge in [-0.1, -0.05) is 18.7 Å². The minimum absolute atomic E-state index is 0.462. The maximum atomic E-state index is 5.19. The number of halogens is 1. The lowest BCUT2D eigenvalue weighted by Gasteiger charge is -2.08. The van der Waals surface area contributed by atoms with E-state index in [4.69, 9.17) is 4.74 Å². The Balaban J connectivity index is 2.07. The van der Waals surface area contributed by atoms with Crippen LogP contribution in [0.5, 0.6) is 5.75 Å². The van der Waals surface area contributed by atoms with Crippen LogP contribution >= 0.6 is 27.7 Å². The van der Waals surface area contributed by atoms with Crippen molar-refractivity contribution in [1.82, 2.24) is 0 Å². The van der Waals surface area contributed by atoms with Gasteiger partial charge in [0.2, 0.25) is 0 Å². The quantitative estimate of drug-likeness (QED) is 0.922. The third kappa shape index (κ3) is 3.16. The van der Waals surface area contributed by atoms with E-state index in [1.165, 1.54) is 0 Å². The number of nitrogens with zero attached hydrogens (tertiary/aromatic N) is 1. The lowest BCUT2D eigenvalue weighted by atomic mass is 10.3. The summed E-state index contributed by atoms with van der Waals surface area (Å²) in [6, 6.07) is 6.39. The summed E-state index contributed by atoms with van der Waals surface area (Å²) in [7, 11) is 1.66. The Morgan fingerprint density at radius 2 is 2.41 bits per heavy atom. The van der Waals surface area contributed by atoms with Crippen molar-refractivity contribution in [2.45, 2.75) is 19.4 Å². The molecule has 1 atom stereocenters. The number of hydrogen-bond acceptors (Lipinski definition) is 4. The summed E-state index contributed by atoms with van der Waals surface area (Å²) in [6.45, 7) is 2.17. The van der Waals surface area contributed by atoms with E-state index in [1.54, 1.807) is 18.9 Å². The molecule has 1 aromatic rings. The first-order valence-electron chi connectivity index (χ1n) is 5.54. The monoisotopic (exact) mass is 314 g/mol. The molecule has 1 unspecified atom stereocenters. The van der Waals surface area contributed by atoms with Crippen molar-refractivity contribution in [3.05, 3.63) is 22.7 Å². The van der Waals surface area contributed by atoms with E-state index < -0.39 is 0 Å². The average Bonchev–Trinajstić information content (AvgIpc) is 2.77. The highest BCUT2D eigenvalue weighted by Gasteiger charge is 2.16. The second-order valence-electron chi connectivity index (χ2n) is 3.78. The van der Waals surface area contributed by atoms with Crippen molar-refractivity contribution < 1.29 is 4.74 Å². The van der Waals surface area contributed by atoms with Crippen LogP contribution < -0.4 is 10.1 Å². The fourth-order valence-electron chi connectivity index (χ4n) is 1.56. The molecule has 0 bridgehead atoms. The number of amidine groups is 1. The molecule has 0 spiro atoms. The molecule has 1 N–H and O–H groups in total. The van der Waals surface area contributed by atoms with Crippen LogP contribution in [0.1, 0.15) is 13.3 Å². The summed E-state index contributed by atoms with van der Waals surface area (Å²) in [5.74, 6) is 1.92. The minimum atomic E-state index is 0.462. The van der Waals surface area contributed by atoms with Gasteiger partial charge in [-0.25, -0.2) is 0 Å². The third-order valence-electron chi connectivity index (χ3n) is 2.59. The second-order valence-corrected chi connectivity index (χ2v) is 5.64. The highest BCUT2D eigenvalue weighted by molar-refractivity contribution is 9.10. The third-order valence-corrected chi connectivity index (χ3v) is 4.24. The number of anilines is 1. The normalized spacial score (nSPS) is 19.0. The van der Waals surface area contributed by atoms with Gasteiger partial charge in [0, 0.05) is 11.4 Å². The van der Waals surface area contributed by atoms with E-state index in [2.05, 4.69) is 33.2 Å². The zero-order chi connectivity index (χ0) is 12.3. The number of benzene rings is 1. The van der Waals surface area contributed by atoms with Crippen LogP contribution in [-0.2, 0) is 0 Å².